The van der Waals surface area contributed by atoms with E-state index < -0.39 is 20.6 Å². The van der Waals surface area contributed by atoms with Crippen LogP contribution in [0.4, 0.5) is 5.82 Å². The van der Waals surface area contributed by atoms with Gasteiger partial charge in [0.15, 0.2) is 26.0 Å². The first-order chi connectivity index (χ1) is 11.6. The first-order valence-electron chi connectivity index (χ1n) is 8.50. The van der Waals surface area contributed by atoms with Crippen LogP contribution in [0.15, 0.2) is 12.7 Å². The third kappa shape index (κ3) is 3.41. The van der Waals surface area contributed by atoms with E-state index in [1.54, 1.807) is 10.9 Å². The van der Waals surface area contributed by atoms with Gasteiger partial charge in [0.1, 0.15) is 17.9 Å². The van der Waals surface area contributed by atoms with E-state index in [0.29, 0.717) is 30.0 Å². The average Bonchev–Trinajstić information content (AvgIpc) is 3.08. The molecule has 2 aromatic rings. The minimum absolute atomic E-state index is 0.138. The van der Waals surface area contributed by atoms with E-state index in [4.69, 9.17) is 14.9 Å². The van der Waals surface area contributed by atoms with Gasteiger partial charge in [-0.2, -0.15) is 0 Å². The van der Waals surface area contributed by atoms with E-state index in [-0.39, 0.29) is 11.1 Å². The van der Waals surface area contributed by atoms with Crippen LogP contribution in [-0.4, -0.2) is 51.8 Å². The summed E-state index contributed by atoms with van der Waals surface area (Å²) in [6.45, 7) is 11.5. The standard InChI is InChI=1S/C16H27N5O3Si/c1-16(2,3)25(4,5)23-7-10-6-11(22)15(24-10)21-9-20-12-13(17)18-8-19-14(12)21/h8-11,15,22H,6-7H2,1-5H3,(H2,17,18,19)/t10-,11+,15+/m0/s1. The molecule has 3 rings (SSSR count). The zero-order chi connectivity index (χ0) is 18.4. The van der Waals surface area contributed by atoms with Crippen molar-refractivity contribution in [1.82, 2.24) is 19.5 Å². The minimum atomic E-state index is -1.85. The molecule has 1 aliphatic rings. The minimum Gasteiger partial charge on any atom is -0.414 e. The van der Waals surface area contributed by atoms with Gasteiger partial charge in [-0.1, -0.05) is 20.8 Å². The van der Waals surface area contributed by atoms with Gasteiger partial charge in [0.2, 0.25) is 0 Å². The Bertz CT molecular complexity index is 758. The smallest absolute Gasteiger partial charge is 0.192 e. The van der Waals surface area contributed by atoms with Gasteiger partial charge in [0.25, 0.3) is 0 Å². The Morgan fingerprint density at radius 3 is 2.76 bits per heavy atom. The molecule has 3 heterocycles. The van der Waals surface area contributed by atoms with Crippen molar-refractivity contribution in [2.24, 2.45) is 0 Å². The number of aliphatic hydroxyl groups is 1. The molecule has 1 fully saturated rings. The molecule has 0 unspecified atom stereocenters. The molecule has 2 aromatic heterocycles. The predicted octanol–water partition coefficient (Wildman–Crippen LogP) is 2.08. The molecule has 0 spiro atoms. The first-order valence-corrected chi connectivity index (χ1v) is 11.4. The van der Waals surface area contributed by atoms with Gasteiger partial charge in [-0.15, -0.1) is 0 Å². The molecule has 138 valence electrons. The number of nitrogens with zero attached hydrogens (tertiary/aromatic N) is 4. The van der Waals surface area contributed by atoms with E-state index in [1.807, 2.05) is 0 Å². The number of rotatable bonds is 4. The maximum absolute atomic E-state index is 10.5. The zero-order valence-electron chi connectivity index (χ0n) is 15.4. The normalized spacial score (nSPS) is 25.0. The highest BCUT2D eigenvalue weighted by Crippen LogP contribution is 2.38. The summed E-state index contributed by atoms with van der Waals surface area (Å²) in [5, 5.41) is 10.6. The Labute approximate surface area is 148 Å². The highest BCUT2D eigenvalue weighted by atomic mass is 28.4. The fraction of sp³-hybridized carbons (Fsp3) is 0.688. The van der Waals surface area contributed by atoms with Crippen LogP contribution in [0.5, 0.6) is 0 Å². The highest BCUT2D eigenvalue weighted by molar-refractivity contribution is 6.74. The maximum Gasteiger partial charge on any atom is 0.192 e. The SMILES string of the molecule is CC(C)(C)[Si](C)(C)OC[C@@H]1C[C@@H](O)[C@H](n2cnc3c(N)ncnc32)O1. The second kappa shape index (κ2) is 6.31. The molecule has 3 N–H and O–H groups in total. The second-order valence-corrected chi connectivity index (χ2v) is 12.9. The number of anilines is 1. The van der Waals surface area contributed by atoms with Crippen LogP contribution in [0.2, 0.25) is 18.1 Å². The van der Waals surface area contributed by atoms with Gasteiger partial charge in [0.05, 0.1) is 19.0 Å². The summed E-state index contributed by atoms with van der Waals surface area (Å²) in [6, 6.07) is 0. The molecule has 1 aliphatic heterocycles. The molecule has 0 saturated carbocycles. The number of ether oxygens (including phenoxy) is 1. The summed E-state index contributed by atoms with van der Waals surface area (Å²) in [4.78, 5) is 12.4. The third-order valence-corrected chi connectivity index (χ3v) is 9.76. The van der Waals surface area contributed by atoms with Crippen molar-refractivity contribution in [1.29, 1.82) is 0 Å². The zero-order valence-corrected chi connectivity index (χ0v) is 16.4. The van der Waals surface area contributed by atoms with Gasteiger partial charge in [-0.3, -0.25) is 4.57 Å². The molecule has 0 amide bonds. The summed E-state index contributed by atoms with van der Waals surface area (Å²) in [7, 11) is -1.85. The molecular formula is C16H27N5O3Si. The summed E-state index contributed by atoms with van der Waals surface area (Å²) in [6.07, 6.45) is 2.12. The summed E-state index contributed by atoms with van der Waals surface area (Å²) < 4.78 is 14.0. The summed E-state index contributed by atoms with van der Waals surface area (Å²) in [5.74, 6) is 0.314. The third-order valence-electron chi connectivity index (χ3n) is 5.26. The first kappa shape index (κ1) is 18.2. The van der Waals surface area contributed by atoms with Crippen molar-refractivity contribution in [2.75, 3.05) is 12.3 Å². The monoisotopic (exact) mass is 365 g/mol. The van der Waals surface area contributed by atoms with Crippen molar-refractivity contribution < 1.29 is 14.3 Å². The number of nitrogens with two attached hydrogens (primary N) is 1. The largest absolute Gasteiger partial charge is 0.414 e. The van der Waals surface area contributed by atoms with E-state index >= 15 is 0 Å². The van der Waals surface area contributed by atoms with Gasteiger partial charge in [-0.05, 0) is 18.1 Å². The summed E-state index contributed by atoms with van der Waals surface area (Å²) in [5.41, 5.74) is 6.89. The average molecular weight is 366 g/mol. The number of imidazole rings is 1. The maximum atomic E-state index is 10.5. The van der Waals surface area contributed by atoms with Crippen LogP contribution in [0, 0.1) is 0 Å². The number of aromatic nitrogens is 4. The van der Waals surface area contributed by atoms with E-state index in [1.165, 1.54) is 6.33 Å². The number of aliphatic hydroxyl groups excluding tert-OH is 1. The Morgan fingerprint density at radius 1 is 1.36 bits per heavy atom. The van der Waals surface area contributed by atoms with Crippen LogP contribution < -0.4 is 5.73 Å². The van der Waals surface area contributed by atoms with Crippen molar-refractivity contribution in [3.05, 3.63) is 12.7 Å². The lowest BCUT2D eigenvalue weighted by molar-refractivity contribution is -0.0471. The summed E-state index contributed by atoms with van der Waals surface area (Å²) >= 11 is 0. The molecule has 25 heavy (non-hydrogen) atoms. The molecule has 0 aliphatic carbocycles. The van der Waals surface area contributed by atoms with Crippen LogP contribution >= 0.6 is 0 Å². The van der Waals surface area contributed by atoms with Crippen LogP contribution in [0.1, 0.15) is 33.4 Å². The van der Waals surface area contributed by atoms with Gasteiger partial charge in [0, 0.05) is 6.42 Å². The Kier molecular flexibility index (Phi) is 4.61. The second-order valence-electron chi connectivity index (χ2n) is 8.11. The Hall–Kier alpha value is -1.55. The van der Waals surface area contributed by atoms with Crippen LogP contribution in [0.3, 0.4) is 0 Å². The Balaban J connectivity index is 1.72. The highest BCUT2D eigenvalue weighted by Gasteiger charge is 2.41. The molecule has 0 radical (unpaired) electrons. The van der Waals surface area contributed by atoms with Crippen molar-refractivity contribution in [2.45, 2.75) is 63.8 Å². The molecular weight excluding hydrogens is 338 g/mol. The van der Waals surface area contributed by atoms with Crippen molar-refractivity contribution in [3.63, 3.8) is 0 Å². The topological polar surface area (TPSA) is 108 Å². The number of nitrogen functional groups attached to an aromatic ring is 1. The van der Waals surface area contributed by atoms with Crippen LogP contribution in [-0.2, 0) is 9.16 Å². The molecule has 0 aromatic carbocycles. The van der Waals surface area contributed by atoms with Gasteiger partial charge in [-0.25, -0.2) is 15.0 Å². The van der Waals surface area contributed by atoms with E-state index in [9.17, 15) is 5.11 Å². The lowest BCUT2D eigenvalue weighted by Crippen LogP contribution is -2.42. The van der Waals surface area contributed by atoms with E-state index in [2.05, 4.69) is 48.8 Å². The fourth-order valence-electron chi connectivity index (χ4n) is 2.66. The lowest BCUT2D eigenvalue weighted by Gasteiger charge is -2.36. The molecule has 8 nitrogen and oxygen atoms in total. The van der Waals surface area contributed by atoms with Gasteiger partial charge >= 0.3 is 0 Å². The van der Waals surface area contributed by atoms with Crippen molar-refractivity contribution in [3.8, 4) is 0 Å². The molecule has 0 bridgehead atoms. The molecule has 3 atom stereocenters. The number of hydrogen-bond acceptors (Lipinski definition) is 7. The predicted molar refractivity (Wildman–Crippen MR) is 97.4 cm³/mol. The lowest BCUT2D eigenvalue weighted by atomic mass is 10.2. The van der Waals surface area contributed by atoms with Crippen LogP contribution in [0.25, 0.3) is 11.2 Å². The van der Waals surface area contributed by atoms with Crippen molar-refractivity contribution >= 4 is 25.3 Å². The molecule has 1 saturated heterocycles. The fourth-order valence-corrected chi connectivity index (χ4v) is 3.70. The number of hydrogen-bond donors (Lipinski definition) is 2. The number of fused-ring (bicyclic) bond motifs is 1. The molecule has 9 heteroatoms. The Morgan fingerprint density at radius 2 is 2.08 bits per heavy atom. The van der Waals surface area contributed by atoms with E-state index in [0.717, 1.165) is 0 Å². The van der Waals surface area contributed by atoms with Gasteiger partial charge < -0.3 is 20.0 Å². The quantitative estimate of drug-likeness (QED) is 0.798.